The van der Waals surface area contributed by atoms with Crippen LogP contribution in [0.2, 0.25) is 0 Å². The topological polar surface area (TPSA) is 49.6 Å². The van der Waals surface area contributed by atoms with E-state index in [1.807, 2.05) is 18.9 Å². The van der Waals surface area contributed by atoms with Crippen molar-refractivity contribution in [1.82, 2.24) is 9.80 Å². The van der Waals surface area contributed by atoms with E-state index in [0.717, 1.165) is 30.9 Å². The Morgan fingerprint density at radius 1 is 1.43 bits per heavy atom. The largest absolute Gasteiger partial charge is 0.361 e. The van der Waals surface area contributed by atoms with E-state index in [4.69, 9.17) is 5.73 Å². The molecule has 0 aliphatic carbocycles. The standard InChI is InChI=1S/C10H17N3O/c1-7(11)8-6-9(14)13-5-3-4-12(2)10(8)13/h7H,3-6,11H2,1-2H3. The quantitative estimate of drug-likeness (QED) is 0.646. The van der Waals surface area contributed by atoms with Crippen LogP contribution in [0.25, 0.3) is 0 Å². The molecule has 0 bridgehead atoms. The zero-order chi connectivity index (χ0) is 10.3. The number of hydrogen-bond acceptors (Lipinski definition) is 3. The number of carbonyl (C=O) groups is 1. The van der Waals surface area contributed by atoms with Crippen LogP contribution in [-0.2, 0) is 4.79 Å². The summed E-state index contributed by atoms with van der Waals surface area (Å²) in [5.74, 6) is 1.27. The summed E-state index contributed by atoms with van der Waals surface area (Å²) in [6.45, 7) is 3.83. The van der Waals surface area contributed by atoms with Crippen LogP contribution in [0.5, 0.6) is 0 Å². The number of amides is 1. The first-order valence-corrected chi connectivity index (χ1v) is 5.11. The van der Waals surface area contributed by atoms with Crippen molar-refractivity contribution in [2.75, 3.05) is 20.1 Å². The molecule has 0 aromatic rings. The highest BCUT2D eigenvalue weighted by Gasteiger charge is 2.35. The van der Waals surface area contributed by atoms with Gasteiger partial charge in [0.25, 0.3) is 0 Å². The summed E-state index contributed by atoms with van der Waals surface area (Å²) >= 11 is 0. The van der Waals surface area contributed by atoms with Gasteiger partial charge in [0.05, 0.1) is 6.42 Å². The van der Waals surface area contributed by atoms with Crippen molar-refractivity contribution in [1.29, 1.82) is 0 Å². The molecule has 0 aromatic heterocycles. The Bertz CT molecular complexity index is 296. The fraction of sp³-hybridized carbons (Fsp3) is 0.700. The third kappa shape index (κ3) is 1.30. The normalized spacial score (nSPS) is 24.4. The Labute approximate surface area is 84.3 Å². The molecule has 0 spiro atoms. The summed E-state index contributed by atoms with van der Waals surface area (Å²) in [6, 6.07) is -0.0144. The molecule has 0 aromatic carbocycles. The van der Waals surface area contributed by atoms with Gasteiger partial charge in [-0.1, -0.05) is 0 Å². The minimum Gasteiger partial charge on any atom is -0.361 e. The van der Waals surface area contributed by atoms with E-state index < -0.39 is 0 Å². The second-order valence-electron chi connectivity index (χ2n) is 4.13. The van der Waals surface area contributed by atoms with Crippen LogP contribution in [0, 0.1) is 0 Å². The van der Waals surface area contributed by atoms with Gasteiger partial charge < -0.3 is 10.6 Å². The van der Waals surface area contributed by atoms with Crippen LogP contribution >= 0.6 is 0 Å². The zero-order valence-corrected chi connectivity index (χ0v) is 8.79. The second kappa shape index (κ2) is 3.28. The minimum absolute atomic E-state index is 0.0144. The Kier molecular flexibility index (Phi) is 2.23. The maximum Gasteiger partial charge on any atom is 0.232 e. The van der Waals surface area contributed by atoms with Gasteiger partial charge in [0.1, 0.15) is 5.82 Å². The van der Waals surface area contributed by atoms with Gasteiger partial charge in [0, 0.05) is 26.2 Å². The highest BCUT2D eigenvalue weighted by atomic mass is 16.2. The van der Waals surface area contributed by atoms with Gasteiger partial charge >= 0.3 is 0 Å². The molecule has 1 saturated heterocycles. The molecule has 1 atom stereocenters. The molecule has 0 radical (unpaired) electrons. The first-order chi connectivity index (χ1) is 6.61. The second-order valence-corrected chi connectivity index (χ2v) is 4.13. The monoisotopic (exact) mass is 195 g/mol. The average Bonchev–Trinajstić information content (AvgIpc) is 2.46. The Morgan fingerprint density at radius 2 is 2.14 bits per heavy atom. The predicted octanol–water partition coefficient (Wildman–Crippen LogP) is 0.113. The van der Waals surface area contributed by atoms with E-state index in [9.17, 15) is 4.79 Å². The van der Waals surface area contributed by atoms with E-state index in [-0.39, 0.29) is 11.9 Å². The molecule has 78 valence electrons. The summed E-state index contributed by atoms with van der Waals surface area (Å²) in [5.41, 5.74) is 6.96. The van der Waals surface area contributed by atoms with Gasteiger partial charge in [-0.3, -0.25) is 9.69 Å². The van der Waals surface area contributed by atoms with E-state index in [1.54, 1.807) is 0 Å². The smallest absolute Gasteiger partial charge is 0.232 e. The van der Waals surface area contributed by atoms with E-state index in [2.05, 4.69) is 4.90 Å². The van der Waals surface area contributed by atoms with Gasteiger partial charge in [0.2, 0.25) is 5.91 Å². The van der Waals surface area contributed by atoms with Gasteiger partial charge in [-0.15, -0.1) is 0 Å². The van der Waals surface area contributed by atoms with Crippen LogP contribution in [0.3, 0.4) is 0 Å². The molecule has 2 aliphatic heterocycles. The fourth-order valence-electron chi connectivity index (χ4n) is 2.25. The van der Waals surface area contributed by atoms with Crippen LogP contribution in [-0.4, -0.2) is 41.9 Å². The van der Waals surface area contributed by atoms with Gasteiger partial charge in [-0.2, -0.15) is 0 Å². The van der Waals surface area contributed by atoms with Crippen molar-refractivity contribution in [2.45, 2.75) is 25.8 Å². The predicted molar refractivity (Wildman–Crippen MR) is 54.3 cm³/mol. The molecule has 0 saturated carbocycles. The minimum atomic E-state index is -0.0144. The van der Waals surface area contributed by atoms with E-state index in [1.165, 1.54) is 0 Å². The number of nitrogens with two attached hydrogens (primary N) is 1. The molecular formula is C10H17N3O. The molecule has 2 aliphatic rings. The summed E-state index contributed by atoms with van der Waals surface area (Å²) in [4.78, 5) is 15.7. The average molecular weight is 195 g/mol. The van der Waals surface area contributed by atoms with Crippen molar-refractivity contribution in [3.8, 4) is 0 Å². The molecule has 4 nitrogen and oxygen atoms in total. The fourth-order valence-corrected chi connectivity index (χ4v) is 2.25. The van der Waals surface area contributed by atoms with Crippen molar-refractivity contribution in [2.24, 2.45) is 5.73 Å². The number of nitrogens with zero attached hydrogens (tertiary/aromatic N) is 2. The lowest BCUT2D eigenvalue weighted by Gasteiger charge is -2.34. The molecular weight excluding hydrogens is 178 g/mol. The van der Waals surface area contributed by atoms with Gasteiger partial charge in [-0.05, 0) is 18.9 Å². The van der Waals surface area contributed by atoms with Crippen LogP contribution in [0.4, 0.5) is 0 Å². The van der Waals surface area contributed by atoms with E-state index in [0.29, 0.717) is 6.42 Å². The molecule has 1 amide bonds. The van der Waals surface area contributed by atoms with E-state index >= 15 is 0 Å². The Balaban J connectivity index is 2.36. The molecule has 2 rings (SSSR count). The van der Waals surface area contributed by atoms with Crippen molar-refractivity contribution >= 4 is 5.91 Å². The van der Waals surface area contributed by atoms with Crippen LogP contribution in [0.1, 0.15) is 19.8 Å². The number of hydrogen-bond donors (Lipinski definition) is 1. The van der Waals surface area contributed by atoms with Crippen LogP contribution < -0.4 is 5.73 Å². The van der Waals surface area contributed by atoms with Gasteiger partial charge in [-0.25, -0.2) is 0 Å². The van der Waals surface area contributed by atoms with Crippen molar-refractivity contribution in [3.63, 3.8) is 0 Å². The molecule has 2 N–H and O–H groups in total. The van der Waals surface area contributed by atoms with Crippen molar-refractivity contribution in [3.05, 3.63) is 11.4 Å². The third-order valence-electron chi connectivity index (χ3n) is 2.97. The maximum atomic E-state index is 11.7. The first kappa shape index (κ1) is 9.52. The SMILES string of the molecule is CC(N)C1=C2N(C)CCCN2C(=O)C1. The molecule has 1 fully saturated rings. The Hall–Kier alpha value is -1.03. The summed E-state index contributed by atoms with van der Waals surface area (Å²) in [6.07, 6.45) is 1.56. The summed E-state index contributed by atoms with van der Waals surface area (Å²) < 4.78 is 0. The third-order valence-corrected chi connectivity index (χ3v) is 2.97. The molecule has 4 heteroatoms. The summed E-state index contributed by atoms with van der Waals surface area (Å²) in [5, 5.41) is 0. The Morgan fingerprint density at radius 3 is 2.79 bits per heavy atom. The molecule has 1 unspecified atom stereocenters. The van der Waals surface area contributed by atoms with Gasteiger partial charge in [0.15, 0.2) is 0 Å². The highest BCUT2D eigenvalue weighted by molar-refractivity contribution is 5.84. The number of fused-ring (bicyclic) bond motifs is 1. The number of rotatable bonds is 1. The lowest BCUT2D eigenvalue weighted by Crippen LogP contribution is -2.41. The summed E-state index contributed by atoms with van der Waals surface area (Å²) in [7, 11) is 2.03. The van der Waals surface area contributed by atoms with Crippen LogP contribution in [0.15, 0.2) is 11.4 Å². The maximum absolute atomic E-state index is 11.7. The lowest BCUT2D eigenvalue weighted by atomic mass is 10.1. The highest BCUT2D eigenvalue weighted by Crippen LogP contribution is 2.30. The zero-order valence-electron chi connectivity index (χ0n) is 8.79. The molecule has 2 heterocycles. The number of carbonyl (C=O) groups excluding carboxylic acids is 1. The first-order valence-electron chi connectivity index (χ1n) is 5.11. The lowest BCUT2D eigenvalue weighted by molar-refractivity contribution is -0.128. The van der Waals surface area contributed by atoms with Crippen molar-refractivity contribution < 1.29 is 4.79 Å². The molecule has 14 heavy (non-hydrogen) atoms.